The zero-order valence-corrected chi connectivity index (χ0v) is 15.9. The lowest BCUT2D eigenvalue weighted by molar-refractivity contribution is -0.384. The van der Waals surface area contributed by atoms with E-state index >= 15 is 0 Å². The summed E-state index contributed by atoms with van der Waals surface area (Å²) in [5, 5.41) is 16.2. The highest BCUT2D eigenvalue weighted by Crippen LogP contribution is 2.25. The fraction of sp³-hybridized carbons (Fsp3) is 0. The minimum absolute atomic E-state index is 0.0819. The summed E-state index contributed by atoms with van der Waals surface area (Å²) in [5.41, 5.74) is -0.545. The van der Waals surface area contributed by atoms with Gasteiger partial charge in [-0.2, -0.15) is 5.10 Å². The van der Waals surface area contributed by atoms with Crippen molar-refractivity contribution in [2.75, 3.05) is 0 Å². The van der Waals surface area contributed by atoms with Crippen LogP contribution in [-0.4, -0.2) is 39.0 Å². The van der Waals surface area contributed by atoms with Gasteiger partial charge in [0.1, 0.15) is 18.3 Å². The van der Waals surface area contributed by atoms with Gasteiger partial charge in [-0.1, -0.05) is 12.1 Å². The number of aromatic nitrogens is 4. The number of amides is 1. The molecule has 1 N–H and O–H groups in total. The summed E-state index contributed by atoms with van der Waals surface area (Å²) >= 11 is 0. The molecule has 4 aromatic rings. The van der Waals surface area contributed by atoms with E-state index in [2.05, 4.69) is 15.1 Å². The van der Waals surface area contributed by atoms with Crippen molar-refractivity contribution in [2.24, 2.45) is 0 Å². The first-order valence-electron chi connectivity index (χ1n) is 8.40. The van der Waals surface area contributed by atoms with Crippen LogP contribution in [0.25, 0.3) is 16.5 Å². The molecule has 2 heterocycles. The third kappa shape index (κ3) is 3.46. The number of nitro benzene ring substituents is 1. The summed E-state index contributed by atoms with van der Waals surface area (Å²) in [6, 6.07) is 9.63. The first-order chi connectivity index (χ1) is 14.4. The lowest BCUT2D eigenvalue weighted by atomic mass is 10.1. The van der Waals surface area contributed by atoms with Gasteiger partial charge in [0.25, 0.3) is 21.6 Å². The second-order valence-electron chi connectivity index (χ2n) is 6.09. The highest BCUT2D eigenvalue weighted by molar-refractivity contribution is 7.90. The normalized spacial score (nSPS) is 11.3. The summed E-state index contributed by atoms with van der Waals surface area (Å²) in [6.45, 7) is 0. The number of hydrogen-bond donors (Lipinski definition) is 1. The maximum atomic E-state index is 12.8. The van der Waals surface area contributed by atoms with Crippen LogP contribution in [0, 0.1) is 10.1 Å². The number of carbonyl (C=O) groups is 1. The van der Waals surface area contributed by atoms with Crippen molar-refractivity contribution in [3.05, 3.63) is 83.2 Å². The number of rotatable bonds is 5. The van der Waals surface area contributed by atoms with E-state index in [9.17, 15) is 23.3 Å². The van der Waals surface area contributed by atoms with Gasteiger partial charge in [0.15, 0.2) is 0 Å². The van der Waals surface area contributed by atoms with E-state index in [-0.39, 0.29) is 16.1 Å². The smallest absolute Gasteiger partial charge is 0.268 e. The summed E-state index contributed by atoms with van der Waals surface area (Å²) in [7, 11) is -4.25. The molecule has 12 heteroatoms. The van der Waals surface area contributed by atoms with E-state index in [1.54, 1.807) is 6.07 Å². The van der Waals surface area contributed by atoms with Gasteiger partial charge in [-0.25, -0.2) is 22.8 Å². The largest absolute Gasteiger partial charge is 0.295 e. The molecule has 0 unspecified atom stereocenters. The third-order valence-corrected chi connectivity index (χ3v) is 5.65. The molecule has 0 aliphatic carbocycles. The zero-order valence-electron chi connectivity index (χ0n) is 15.0. The minimum atomic E-state index is -4.25. The first kappa shape index (κ1) is 19.1. The van der Waals surface area contributed by atoms with Gasteiger partial charge in [0.05, 0.1) is 9.82 Å². The Morgan fingerprint density at radius 1 is 1.13 bits per heavy atom. The van der Waals surface area contributed by atoms with E-state index in [1.165, 1.54) is 60.1 Å². The second-order valence-corrected chi connectivity index (χ2v) is 7.74. The van der Waals surface area contributed by atoms with Crippen molar-refractivity contribution in [1.82, 2.24) is 24.5 Å². The molecule has 0 aliphatic rings. The van der Waals surface area contributed by atoms with Gasteiger partial charge in [0.2, 0.25) is 0 Å². The monoisotopic (exact) mass is 424 g/mol. The van der Waals surface area contributed by atoms with Crippen LogP contribution < -0.4 is 4.72 Å². The Morgan fingerprint density at radius 2 is 1.97 bits per heavy atom. The summed E-state index contributed by atoms with van der Waals surface area (Å²) in [5.74, 6) is -1.01. The predicted octanol–water partition coefficient (Wildman–Crippen LogP) is 1.84. The van der Waals surface area contributed by atoms with Crippen LogP contribution in [0.1, 0.15) is 10.4 Å². The Kier molecular flexibility index (Phi) is 4.68. The third-order valence-electron chi connectivity index (χ3n) is 4.26. The molecule has 0 aliphatic heterocycles. The van der Waals surface area contributed by atoms with Gasteiger partial charge in [-0.15, -0.1) is 0 Å². The lowest BCUT2D eigenvalue weighted by Crippen LogP contribution is -2.30. The molecule has 0 radical (unpaired) electrons. The van der Waals surface area contributed by atoms with Crippen LogP contribution in [0.2, 0.25) is 0 Å². The Balaban J connectivity index is 1.70. The number of nitrogens with one attached hydrogen (secondary N) is 1. The average Bonchev–Trinajstić information content (AvgIpc) is 3.27. The van der Waals surface area contributed by atoms with Gasteiger partial charge in [0, 0.05) is 34.8 Å². The Bertz CT molecular complexity index is 1380. The molecule has 0 saturated heterocycles. The van der Waals surface area contributed by atoms with Gasteiger partial charge >= 0.3 is 0 Å². The van der Waals surface area contributed by atoms with Crippen LogP contribution in [0.15, 0.2) is 72.4 Å². The van der Waals surface area contributed by atoms with E-state index < -0.39 is 26.5 Å². The van der Waals surface area contributed by atoms with Crippen molar-refractivity contribution in [1.29, 1.82) is 0 Å². The van der Waals surface area contributed by atoms with Gasteiger partial charge in [-0.3, -0.25) is 19.9 Å². The molecule has 0 fully saturated rings. The van der Waals surface area contributed by atoms with E-state index in [1.807, 2.05) is 4.72 Å². The Hall–Kier alpha value is -4.19. The standard InChI is InChI=1S/C18H12N6O5S/c25-18(12-4-5-15(16(8-12)24(26)27)23-11-20-10-21-23)22-30(28,29)17-3-1-2-13-9-19-7-6-14(13)17/h1-11H,(H,22,25). The van der Waals surface area contributed by atoms with E-state index in [0.29, 0.717) is 10.8 Å². The molecule has 0 atom stereocenters. The average molecular weight is 424 g/mol. The van der Waals surface area contributed by atoms with Crippen molar-refractivity contribution in [2.45, 2.75) is 4.90 Å². The van der Waals surface area contributed by atoms with Crippen molar-refractivity contribution < 1.29 is 18.1 Å². The Labute approximate surface area is 169 Å². The molecule has 1 amide bonds. The van der Waals surface area contributed by atoms with Crippen LogP contribution in [-0.2, 0) is 10.0 Å². The molecule has 2 aromatic carbocycles. The summed E-state index contributed by atoms with van der Waals surface area (Å²) in [4.78, 5) is 30.9. The van der Waals surface area contributed by atoms with Crippen molar-refractivity contribution in [3.8, 4) is 5.69 Å². The van der Waals surface area contributed by atoms with E-state index in [0.717, 1.165) is 6.07 Å². The Morgan fingerprint density at radius 3 is 2.70 bits per heavy atom. The highest BCUT2D eigenvalue weighted by Gasteiger charge is 2.24. The van der Waals surface area contributed by atoms with Crippen LogP contribution in [0.3, 0.4) is 0 Å². The van der Waals surface area contributed by atoms with Crippen LogP contribution in [0.4, 0.5) is 5.69 Å². The summed E-state index contributed by atoms with van der Waals surface area (Å²) in [6.07, 6.45) is 5.41. The lowest BCUT2D eigenvalue weighted by Gasteiger charge is -2.10. The number of hydrogen-bond acceptors (Lipinski definition) is 8. The predicted molar refractivity (Wildman–Crippen MR) is 104 cm³/mol. The van der Waals surface area contributed by atoms with Gasteiger partial charge < -0.3 is 0 Å². The van der Waals surface area contributed by atoms with Crippen LogP contribution in [0.5, 0.6) is 0 Å². The number of nitrogens with zero attached hydrogens (tertiary/aromatic N) is 5. The molecule has 11 nitrogen and oxygen atoms in total. The molecule has 0 spiro atoms. The van der Waals surface area contributed by atoms with Crippen LogP contribution >= 0.6 is 0 Å². The fourth-order valence-electron chi connectivity index (χ4n) is 2.90. The zero-order chi connectivity index (χ0) is 21.3. The number of sulfonamides is 1. The minimum Gasteiger partial charge on any atom is -0.268 e. The number of pyridine rings is 1. The molecule has 30 heavy (non-hydrogen) atoms. The number of benzene rings is 2. The highest BCUT2D eigenvalue weighted by atomic mass is 32.2. The maximum absolute atomic E-state index is 12.8. The van der Waals surface area contributed by atoms with E-state index in [4.69, 9.17) is 0 Å². The second kappa shape index (κ2) is 7.33. The quantitative estimate of drug-likeness (QED) is 0.377. The molecular formula is C18H12N6O5S. The molecule has 0 saturated carbocycles. The number of carbonyl (C=O) groups excluding carboxylic acids is 1. The molecule has 4 rings (SSSR count). The van der Waals surface area contributed by atoms with Crippen molar-refractivity contribution >= 4 is 32.4 Å². The molecular weight excluding hydrogens is 412 g/mol. The maximum Gasteiger partial charge on any atom is 0.295 e. The van der Waals surface area contributed by atoms with Gasteiger partial charge in [-0.05, 0) is 24.3 Å². The number of nitro groups is 1. The summed E-state index contributed by atoms with van der Waals surface area (Å²) < 4.78 is 28.7. The fourth-order valence-corrected chi connectivity index (χ4v) is 4.11. The SMILES string of the molecule is O=C(NS(=O)(=O)c1cccc2cnccc12)c1ccc(-n2cncn2)c([N+](=O)[O-])c1. The van der Waals surface area contributed by atoms with Crippen molar-refractivity contribution in [3.63, 3.8) is 0 Å². The molecule has 150 valence electrons. The molecule has 0 bridgehead atoms. The number of fused-ring (bicyclic) bond motifs is 1. The molecule has 2 aromatic heterocycles. The topological polar surface area (TPSA) is 150 Å². The first-order valence-corrected chi connectivity index (χ1v) is 9.88.